The smallest absolute Gasteiger partial charge is 0.182 e. The van der Waals surface area contributed by atoms with Gasteiger partial charge in [-0.25, -0.2) is 0 Å². The second kappa shape index (κ2) is 2.85. The molecule has 0 aliphatic carbocycles. The van der Waals surface area contributed by atoms with E-state index in [1.165, 1.54) is 0 Å². The first kappa shape index (κ1) is 8.47. The van der Waals surface area contributed by atoms with Gasteiger partial charge in [-0.2, -0.15) is 8.78 Å². The van der Waals surface area contributed by atoms with Crippen LogP contribution >= 0.6 is 34.8 Å². The maximum absolute atomic E-state index is 11.6. The van der Waals surface area contributed by atoms with Crippen molar-refractivity contribution in [2.75, 3.05) is 0 Å². The molecule has 0 aromatic rings. The molecule has 0 bridgehead atoms. The molecule has 0 saturated carbocycles. The molecule has 0 atom stereocenters. The third kappa shape index (κ3) is 2.70. The normalized spacial score (nSPS) is 14.4. The van der Waals surface area contributed by atoms with E-state index in [0.717, 1.165) is 0 Å². The lowest BCUT2D eigenvalue weighted by Crippen LogP contribution is -2.03. The van der Waals surface area contributed by atoms with Crippen LogP contribution in [0.3, 0.4) is 0 Å². The highest BCUT2D eigenvalue weighted by molar-refractivity contribution is 6.42. The van der Waals surface area contributed by atoms with Gasteiger partial charge < -0.3 is 0 Å². The first-order chi connectivity index (χ1) is 3.48. The van der Waals surface area contributed by atoms with Crippen molar-refractivity contribution in [3.63, 3.8) is 0 Å². The van der Waals surface area contributed by atoms with Gasteiger partial charge in [-0.15, -0.1) is 0 Å². The van der Waals surface area contributed by atoms with Crippen molar-refractivity contribution in [1.82, 2.24) is 0 Å². The summed E-state index contributed by atoms with van der Waals surface area (Å²) in [7, 11) is 0. The number of alkyl halides is 3. The summed E-state index contributed by atoms with van der Waals surface area (Å²) in [6.07, 6.45) is 0. The quantitative estimate of drug-likeness (QED) is 0.545. The van der Waals surface area contributed by atoms with E-state index >= 15 is 0 Å². The van der Waals surface area contributed by atoms with E-state index in [4.69, 9.17) is 23.2 Å². The molecule has 0 aromatic heterocycles. The fraction of sp³-hybridized carbons (Fsp3) is 0.333. The Morgan fingerprint density at radius 1 is 1.50 bits per heavy atom. The molecule has 48 valence electrons. The fourth-order valence-electron chi connectivity index (χ4n) is 0.0619. The fourth-order valence-corrected chi connectivity index (χ4v) is 0.309. The molecule has 0 fully saturated rings. The Hall–Kier alpha value is 0.470. The first-order valence-corrected chi connectivity index (χ1v) is 2.71. The van der Waals surface area contributed by atoms with Crippen LogP contribution in [0.5, 0.6) is 0 Å². The third-order valence-electron chi connectivity index (χ3n) is 0.367. The van der Waals surface area contributed by atoms with Gasteiger partial charge in [0.15, 0.2) is 0 Å². The van der Waals surface area contributed by atoms with Crippen LogP contribution in [0.2, 0.25) is 0 Å². The Bertz CT molecular complexity index is 104. The Balaban J connectivity index is 4.03. The van der Waals surface area contributed by atoms with Crippen molar-refractivity contribution in [1.29, 1.82) is 0 Å². The molecule has 8 heavy (non-hydrogen) atoms. The maximum Gasteiger partial charge on any atom is 0.359 e. The zero-order valence-corrected chi connectivity index (χ0v) is 5.73. The molecule has 0 amide bonds. The molecule has 0 saturated heterocycles. The Kier molecular flexibility index (Phi) is 3.02. The number of allylic oxidation sites excluding steroid dienone is 1. The van der Waals surface area contributed by atoms with Gasteiger partial charge in [0.1, 0.15) is 5.03 Å². The van der Waals surface area contributed by atoms with Crippen LogP contribution in [0.1, 0.15) is 0 Å². The molecule has 0 radical (unpaired) electrons. The van der Waals surface area contributed by atoms with E-state index in [0.29, 0.717) is 5.54 Å². The van der Waals surface area contributed by atoms with Crippen molar-refractivity contribution in [3.8, 4) is 0 Å². The molecule has 0 aliphatic rings. The van der Waals surface area contributed by atoms with Crippen molar-refractivity contribution in [2.45, 2.75) is 5.38 Å². The summed E-state index contributed by atoms with van der Waals surface area (Å²) in [6.45, 7) is 0. The number of hydrogen-bond acceptors (Lipinski definition) is 0. The summed E-state index contributed by atoms with van der Waals surface area (Å²) in [4.78, 5) is 0. The molecule has 0 N–H and O–H groups in total. The molecule has 0 aliphatic heterocycles. The van der Waals surface area contributed by atoms with Gasteiger partial charge in [0.05, 0.1) is 0 Å². The largest absolute Gasteiger partial charge is 0.359 e. The van der Waals surface area contributed by atoms with Gasteiger partial charge in [0.2, 0.25) is 0 Å². The Morgan fingerprint density at radius 3 is 1.88 bits per heavy atom. The van der Waals surface area contributed by atoms with Crippen LogP contribution in [0.4, 0.5) is 8.78 Å². The summed E-state index contributed by atoms with van der Waals surface area (Å²) in [5, 5.41) is -4.40. The Labute approximate surface area is 60.0 Å². The van der Waals surface area contributed by atoms with Crippen molar-refractivity contribution in [2.24, 2.45) is 0 Å². The van der Waals surface area contributed by atoms with Crippen LogP contribution < -0.4 is 0 Å². The van der Waals surface area contributed by atoms with Gasteiger partial charge in [0, 0.05) is 5.54 Å². The van der Waals surface area contributed by atoms with E-state index in [-0.39, 0.29) is 0 Å². The van der Waals surface area contributed by atoms with Gasteiger partial charge in [0.25, 0.3) is 0 Å². The lowest BCUT2D eigenvalue weighted by Gasteiger charge is -2.01. The first-order valence-electron chi connectivity index (χ1n) is 1.51. The van der Waals surface area contributed by atoms with Gasteiger partial charge in [-0.1, -0.05) is 23.2 Å². The predicted octanol–water partition coefficient (Wildman–Crippen LogP) is 3.14. The number of halogens is 5. The van der Waals surface area contributed by atoms with E-state index < -0.39 is 10.4 Å². The topological polar surface area (TPSA) is 0 Å². The SMILES string of the molecule is FC(F)(Cl)/C(Cl)=C\Cl. The zero-order chi connectivity index (χ0) is 6.78. The summed E-state index contributed by atoms with van der Waals surface area (Å²) >= 11 is 13.9. The molecule has 0 rings (SSSR count). The summed E-state index contributed by atoms with van der Waals surface area (Å²) in [6, 6.07) is 0. The van der Waals surface area contributed by atoms with Crippen molar-refractivity contribution < 1.29 is 8.78 Å². The molecular formula is C3HCl3F2. The van der Waals surface area contributed by atoms with Crippen molar-refractivity contribution in [3.05, 3.63) is 10.6 Å². The number of rotatable bonds is 1. The van der Waals surface area contributed by atoms with Crippen molar-refractivity contribution >= 4 is 34.8 Å². The minimum absolute atomic E-state index is 0.522. The minimum atomic E-state index is -3.52. The Morgan fingerprint density at radius 2 is 1.88 bits per heavy atom. The van der Waals surface area contributed by atoms with E-state index in [2.05, 4.69) is 11.6 Å². The summed E-state index contributed by atoms with van der Waals surface area (Å²) < 4.78 is 23.2. The average Bonchev–Trinajstić information content (AvgIpc) is 1.62. The standard InChI is InChI=1S/C3HCl3F2/c4-1-2(5)3(6,7)8/h1H/b2-1+. The molecule has 0 nitrogen and oxygen atoms in total. The highest BCUT2D eigenvalue weighted by Gasteiger charge is 2.28. The predicted molar refractivity (Wildman–Crippen MR) is 30.6 cm³/mol. The second-order valence-electron chi connectivity index (χ2n) is 0.955. The monoisotopic (exact) mass is 180 g/mol. The van der Waals surface area contributed by atoms with Crippen LogP contribution in [-0.4, -0.2) is 5.38 Å². The molecule has 0 aromatic carbocycles. The van der Waals surface area contributed by atoms with Gasteiger partial charge in [-0.3, -0.25) is 0 Å². The zero-order valence-electron chi connectivity index (χ0n) is 3.47. The minimum Gasteiger partial charge on any atom is -0.182 e. The van der Waals surface area contributed by atoms with E-state index in [9.17, 15) is 8.78 Å². The lowest BCUT2D eigenvalue weighted by molar-refractivity contribution is 0.148. The maximum atomic E-state index is 11.6. The average molecular weight is 181 g/mol. The van der Waals surface area contributed by atoms with E-state index in [1.807, 2.05) is 0 Å². The lowest BCUT2D eigenvalue weighted by atomic mass is 10.7. The molecule has 5 heteroatoms. The molecule has 0 unspecified atom stereocenters. The van der Waals surface area contributed by atoms with Gasteiger partial charge in [-0.05, 0) is 11.6 Å². The van der Waals surface area contributed by atoms with E-state index in [1.54, 1.807) is 0 Å². The highest BCUT2D eigenvalue weighted by Crippen LogP contribution is 2.31. The third-order valence-corrected chi connectivity index (χ3v) is 1.34. The van der Waals surface area contributed by atoms with Crippen LogP contribution in [0.25, 0.3) is 0 Å². The summed E-state index contributed by atoms with van der Waals surface area (Å²) in [5.74, 6) is 0. The highest BCUT2D eigenvalue weighted by atomic mass is 35.5. The molecule has 0 heterocycles. The van der Waals surface area contributed by atoms with Crippen LogP contribution in [-0.2, 0) is 0 Å². The van der Waals surface area contributed by atoms with Crippen LogP contribution in [0.15, 0.2) is 10.6 Å². The van der Waals surface area contributed by atoms with Crippen LogP contribution in [0, 0.1) is 0 Å². The summed E-state index contributed by atoms with van der Waals surface area (Å²) in [5.41, 5.74) is 0.522. The molecular weight excluding hydrogens is 180 g/mol. The number of hydrogen-bond donors (Lipinski definition) is 0. The van der Waals surface area contributed by atoms with Gasteiger partial charge >= 0.3 is 5.38 Å². The molecule has 0 spiro atoms. The second-order valence-corrected chi connectivity index (χ2v) is 2.05.